The van der Waals surface area contributed by atoms with Crippen molar-refractivity contribution < 1.29 is 22.6 Å². The fourth-order valence-corrected chi connectivity index (χ4v) is 4.04. The van der Waals surface area contributed by atoms with Crippen LogP contribution >= 0.6 is 0 Å². The zero-order valence-electron chi connectivity index (χ0n) is 18.7. The highest BCUT2D eigenvalue weighted by atomic mass is 32.2. The van der Waals surface area contributed by atoms with Crippen molar-refractivity contribution in [3.05, 3.63) is 78.8 Å². The Morgan fingerprint density at radius 1 is 0.882 bits per heavy atom. The number of pyridine rings is 3. The summed E-state index contributed by atoms with van der Waals surface area (Å²) in [6, 6.07) is 15.2. The van der Waals surface area contributed by atoms with Crippen LogP contribution in [0.2, 0.25) is 0 Å². The van der Waals surface area contributed by atoms with E-state index in [4.69, 9.17) is 14.2 Å². The number of benzene rings is 1. The van der Waals surface area contributed by atoms with Crippen molar-refractivity contribution in [2.45, 2.75) is 11.9 Å². The third-order valence-corrected chi connectivity index (χ3v) is 6.06. The molecule has 0 aliphatic carbocycles. The van der Waals surface area contributed by atoms with Gasteiger partial charge < -0.3 is 14.2 Å². The van der Waals surface area contributed by atoms with E-state index >= 15 is 0 Å². The number of aromatic nitrogens is 3. The van der Waals surface area contributed by atoms with Gasteiger partial charge in [-0.3, -0.25) is 9.71 Å². The van der Waals surface area contributed by atoms with E-state index in [9.17, 15) is 8.42 Å². The number of hydrogen-bond acceptors (Lipinski definition) is 8. The molecule has 0 saturated heterocycles. The maximum Gasteiger partial charge on any atom is 0.280 e. The van der Waals surface area contributed by atoms with Crippen LogP contribution < -0.4 is 18.9 Å². The van der Waals surface area contributed by atoms with Gasteiger partial charge in [-0.2, -0.15) is 8.42 Å². The molecule has 0 fully saturated rings. The zero-order chi connectivity index (χ0) is 24.1. The molecule has 1 aromatic carbocycles. The average Bonchev–Trinajstić information content (AvgIpc) is 2.85. The van der Waals surface area contributed by atoms with Gasteiger partial charge in [0.05, 0.1) is 19.9 Å². The Hall–Kier alpha value is -4.18. The summed E-state index contributed by atoms with van der Waals surface area (Å²) < 4.78 is 45.8. The summed E-state index contributed by atoms with van der Waals surface area (Å²) in [5.41, 5.74) is 2.01. The number of rotatable bonds is 8. The molecule has 0 radical (unpaired) electrons. The molecular formula is C24H22N4O5S. The Morgan fingerprint density at radius 2 is 1.59 bits per heavy atom. The third-order valence-electron chi connectivity index (χ3n) is 4.81. The van der Waals surface area contributed by atoms with Gasteiger partial charge in [0, 0.05) is 30.2 Å². The number of hydrogen-bond donors (Lipinski definition) is 1. The molecule has 0 unspecified atom stereocenters. The van der Waals surface area contributed by atoms with Crippen molar-refractivity contribution in [3.8, 4) is 34.3 Å². The highest BCUT2D eigenvalue weighted by Crippen LogP contribution is 2.43. The molecule has 4 rings (SSSR count). The third kappa shape index (κ3) is 4.91. The lowest BCUT2D eigenvalue weighted by molar-refractivity contribution is 0.357. The van der Waals surface area contributed by atoms with Gasteiger partial charge in [0.2, 0.25) is 5.75 Å². The second kappa shape index (κ2) is 9.75. The Morgan fingerprint density at radius 3 is 2.24 bits per heavy atom. The topological polar surface area (TPSA) is 113 Å². The number of ether oxygens (including phenoxy) is 3. The molecule has 1 N–H and O–H groups in total. The Balaban J connectivity index is 1.86. The predicted molar refractivity (Wildman–Crippen MR) is 127 cm³/mol. The van der Waals surface area contributed by atoms with Crippen LogP contribution in [0.4, 0.5) is 5.82 Å². The molecular weight excluding hydrogens is 456 g/mol. The molecule has 0 spiro atoms. The number of aryl methyl sites for hydroxylation is 1. The molecule has 10 heteroatoms. The summed E-state index contributed by atoms with van der Waals surface area (Å²) >= 11 is 0. The molecule has 0 amide bonds. The molecule has 3 aromatic heterocycles. The first kappa shape index (κ1) is 23.0. The van der Waals surface area contributed by atoms with E-state index < -0.39 is 10.0 Å². The number of para-hydroxylation sites is 2. The Kier molecular flexibility index (Phi) is 6.60. The van der Waals surface area contributed by atoms with Crippen LogP contribution in [-0.2, 0) is 10.0 Å². The summed E-state index contributed by atoms with van der Waals surface area (Å²) in [6.07, 6.45) is 4.70. The molecule has 3 heterocycles. The summed E-state index contributed by atoms with van der Waals surface area (Å²) in [4.78, 5) is 12.6. The summed E-state index contributed by atoms with van der Waals surface area (Å²) in [5, 5.41) is -0.156. The van der Waals surface area contributed by atoms with E-state index in [2.05, 4.69) is 19.7 Å². The summed E-state index contributed by atoms with van der Waals surface area (Å²) in [7, 11) is -1.12. The molecule has 34 heavy (non-hydrogen) atoms. The minimum absolute atomic E-state index is 0.0699. The second-order valence-corrected chi connectivity index (χ2v) is 8.78. The van der Waals surface area contributed by atoms with Gasteiger partial charge in [-0.25, -0.2) is 9.97 Å². The highest BCUT2D eigenvalue weighted by molar-refractivity contribution is 7.92. The van der Waals surface area contributed by atoms with Crippen molar-refractivity contribution in [2.75, 3.05) is 18.9 Å². The minimum atomic E-state index is -4.09. The van der Waals surface area contributed by atoms with Crippen molar-refractivity contribution in [1.29, 1.82) is 0 Å². The number of nitrogens with zero attached hydrogens (tertiary/aromatic N) is 3. The minimum Gasteiger partial charge on any atom is -0.493 e. The van der Waals surface area contributed by atoms with E-state index in [0.717, 1.165) is 5.56 Å². The number of anilines is 1. The first-order valence-electron chi connectivity index (χ1n) is 10.2. The summed E-state index contributed by atoms with van der Waals surface area (Å²) in [6.45, 7) is 1.82. The maximum atomic E-state index is 13.1. The number of sulfonamides is 1. The lowest BCUT2D eigenvalue weighted by Crippen LogP contribution is -2.16. The fourth-order valence-electron chi connectivity index (χ4n) is 3.11. The van der Waals surface area contributed by atoms with Gasteiger partial charge in [-0.05, 0) is 42.8 Å². The first-order valence-corrected chi connectivity index (χ1v) is 11.7. The fraction of sp³-hybridized carbons (Fsp3) is 0.125. The molecule has 9 nitrogen and oxygen atoms in total. The van der Waals surface area contributed by atoms with Crippen LogP contribution in [0, 0.1) is 6.92 Å². The van der Waals surface area contributed by atoms with Crippen LogP contribution in [-0.4, -0.2) is 37.6 Å². The van der Waals surface area contributed by atoms with Crippen molar-refractivity contribution in [1.82, 2.24) is 15.0 Å². The maximum absolute atomic E-state index is 13.1. The van der Waals surface area contributed by atoms with E-state index in [1.807, 2.05) is 6.92 Å². The molecule has 0 bridgehead atoms. The van der Waals surface area contributed by atoms with E-state index in [0.29, 0.717) is 22.8 Å². The number of nitrogens with one attached hydrogen (secondary N) is 1. The van der Waals surface area contributed by atoms with Crippen LogP contribution in [0.15, 0.2) is 78.2 Å². The molecule has 0 saturated carbocycles. The monoisotopic (exact) mass is 478 g/mol. The van der Waals surface area contributed by atoms with Crippen LogP contribution in [0.25, 0.3) is 11.3 Å². The predicted octanol–water partition coefficient (Wildman–Crippen LogP) is 4.46. The van der Waals surface area contributed by atoms with Gasteiger partial charge in [-0.15, -0.1) is 0 Å². The normalized spacial score (nSPS) is 11.0. The van der Waals surface area contributed by atoms with Gasteiger partial charge in [0.1, 0.15) is 0 Å². The SMILES string of the molecule is COc1ccccc1Oc1c(OC)cc(-c2ccncc2)nc1NS(=O)(=O)c1ccc(C)cn1. The molecule has 0 aliphatic rings. The zero-order valence-corrected chi connectivity index (χ0v) is 19.5. The smallest absolute Gasteiger partial charge is 0.280 e. The largest absolute Gasteiger partial charge is 0.493 e. The molecule has 4 aromatic rings. The van der Waals surface area contributed by atoms with Gasteiger partial charge in [-0.1, -0.05) is 18.2 Å². The lowest BCUT2D eigenvalue weighted by Gasteiger charge is -2.18. The van der Waals surface area contributed by atoms with Gasteiger partial charge in [0.25, 0.3) is 10.0 Å². The van der Waals surface area contributed by atoms with E-state index in [1.165, 1.54) is 26.5 Å². The quantitative estimate of drug-likeness (QED) is 0.395. The van der Waals surface area contributed by atoms with Crippen molar-refractivity contribution in [2.24, 2.45) is 0 Å². The van der Waals surface area contributed by atoms with Crippen molar-refractivity contribution in [3.63, 3.8) is 0 Å². The van der Waals surface area contributed by atoms with Crippen LogP contribution in [0.3, 0.4) is 0 Å². The second-order valence-electron chi connectivity index (χ2n) is 7.16. The van der Waals surface area contributed by atoms with Crippen LogP contribution in [0.5, 0.6) is 23.0 Å². The van der Waals surface area contributed by atoms with Crippen LogP contribution in [0.1, 0.15) is 5.56 Å². The van der Waals surface area contributed by atoms with Gasteiger partial charge >= 0.3 is 0 Å². The summed E-state index contributed by atoms with van der Waals surface area (Å²) in [5.74, 6) is 1.08. The lowest BCUT2D eigenvalue weighted by atomic mass is 10.1. The molecule has 0 aliphatic heterocycles. The Labute approximate surface area is 197 Å². The molecule has 174 valence electrons. The molecule has 0 atom stereocenters. The first-order chi connectivity index (χ1) is 16.4. The van der Waals surface area contributed by atoms with E-state index in [-0.39, 0.29) is 22.3 Å². The Bertz CT molecular complexity index is 1400. The number of methoxy groups -OCH3 is 2. The van der Waals surface area contributed by atoms with E-state index in [1.54, 1.807) is 60.9 Å². The highest BCUT2D eigenvalue weighted by Gasteiger charge is 2.24. The van der Waals surface area contributed by atoms with Crippen molar-refractivity contribution >= 4 is 15.8 Å². The standard InChI is InChI=1S/C24H22N4O5S/c1-16-8-9-22(26-15-16)34(29,30)28-24-23(33-20-7-5-4-6-19(20)31-2)21(32-3)14-18(27-24)17-10-12-25-13-11-17/h4-15H,1-3H3,(H,27,28). The van der Waals surface area contributed by atoms with Gasteiger partial charge in [0.15, 0.2) is 28.1 Å². The average molecular weight is 479 g/mol.